The Hall–Kier alpha value is -0.590. The Morgan fingerprint density at radius 2 is 2.31 bits per heavy atom. The Labute approximate surface area is 79.7 Å². The highest BCUT2D eigenvalue weighted by Crippen LogP contribution is 2.29. The monoisotopic (exact) mass is 179 g/mol. The molecule has 1 saturated carbocycles. The standard InChI is InChI=1S/C10H17N3/c1-8-6-12-9(4-5-11)7-13(8)10-2-3-10/h8-10,12H,2-4,6-7H2,1H3. The van der Waals surface area contributed by atoms with Crippen molar-refractivity contribution in [2.45, 2.75) is 44.3 Å². The second-order valence-corrected chi connectivity index (χ2v) is 4.24. The van der Waals surface area contributed by atoms with Crippen molar-refractivity contribution in [1.82, 2.24) is 10.2 Å². The van der Waals surface area contributed by atoms with Crippen molar-refractivity contribution in [2.75, 3.05) is 13.1 Å². The smallest absolute Gasteiger partial charge is 0.0638 e. The summed E-state index contributed by atoms with van der Waals surface area (Å²) in [5, 5.41) is 12.0. The van der Waals surface area contributed by atoms with E-state index in [2.05, 4.69) is 23.2 Å². The minimum Gasteiger partial charge on any atom is -0.310 e. The number of hydrogen-bond acceptors (Lipinski definition) is 3. The van der Waals surface area contributed by atoms with Crippen molar-refractivity contribution in [3.8, 4) is 6.07 Å². The fraction of sp³-hybridized carbons (Fsp3) is 0.900. The summed E-state index contributed by atoms with van der Waals surface area (Å²) in [6, 6.07) is 4.13. The number of piperazine rings is 1. The zero-order valence-corrected chi connectivity index (χ0v) is 8.16. The van der Waals surface area contributed by atoms with E-state index in [1.165, 1.54) is 12.8 Å². The molecule has 2 fully saturated rings. The molecular formula is C10H17N3. The molecular weight excluding hydrogens is 162 g/mol. The summed E-state index contributed by atoms with van der Waals surface area (Å²) in [6.07, 6.45) is 3.38. The average molecular weight is 179 g/mol. The summed E-state index contributed by atoms with van der Waals surface area (Å²) in [5.74, 6) is 0. The lowest BCUT2D eigenvalue weighted by molar-refractivity contribution is 0.133. The number of hydrogen-bond donors (Lipinski definition) is 1. The average Bonchev–Trinajstić information content (AvgIpc) is 2.92. The van der Waals surface area contributed by atoms with Gasteiger partial charge in [-0.1, -0.05) is 0 Å². The number of nitrogens with one attached hydrogen (secondary N) is 1. The summed E-state index contributed by atoms with van der Waals surface area (Å²) in [7, 11) is 0. The van der Waals surface area contributed by atoms with Crippen LogP contribution >= 0.6 is 0 Å². The van der Waals surface area contributed by atoms with Gasteiger partial charge in [0.2, 0.25) is 0 Å². The van der Waals surface area contributed by atoms with Gasteiger partial charge in [-0.3, -0.25) is 4.90 Å². The molecule has 2 rings (SSSR count). The van der Waals surface area contributed by atoms with Crippen molar-refractivity contribution in [1.29, 1.82) is 5.26 Å². The second-order valence-electron chi connectivity index (χ2n) is 4.24. The van der Waals surface area contributed by atoms with Crippen LogP contribution in [0.1, 0.15) is 26.2 Å². The molecule has 0 aromatic heterocycles. The first-order chi connectivity index (χ1) is 6.31. The number of rotatable bonds is 2. The van der Waals surface area contributed by atoms with Gasteiger partial charge in [-0.05, 0) is 19.8 Å². The van der Waals surface area contributed by atoms with Crippen LogP contribution in [0.5, 0.6) is 0 Å². The zero-order valence-electron chi connectivity index (χ0n) is 8.16. The zero-order chi connectivity index (χ0) is 9.26. The Morgan fingerprint density at radius 3 is 2.92 bits per heavy atom. The van der Waals surface area contributed by atoms with Gasteiger partial charge in [-0.2, -0.15) is 5.26 Å². The molecule has 2 unspecified atom stereocenters. The molecule has 1 aliphatic carbocycles. The van der Waals surface area contributed by atoms with Crippen LogP contribution in [0.3, 0.4) is 0 Å². The van der Waals surface area contributed by atoms with Crippen LogP contribution < -0.4 is 5.32 Å². The van der Waals surface area contributed by atoms with Gasteiger partial charge < -0.3 is 5.32 Å². The predicted molar refractivity (Wildman–Crippen MR) is 51.2 cm³/mol. The lowest BCUT2D eigenvalue weighted by Gasteiger charge is -2.38. The maximum Gasteiger partial charge on any atom is 0.0638 e. The van der Waals surface area contributed by atoms with Gasteiger partial charge in [0.1, 0.15) is 0 Å². The van der Waals surface area contributed by atoms with Gasteiger partial charge >= 0.3 is 0 Å². The van der Waals surface area contributed by atoms with Crippen molar-refractivity contribution in [3.05, 3.63) is 0 Å². The van der Waals surface area contributed by atoms with Gasteiger partial charge in [-0.15, -0.1) is 0 Å². The molecule has 1 saturated heterocycles. The number of nitriles is 1. The molecule has 3 nitrogen and oxygen atoms in total. The molecule has 2 aliphatic rings. The molecule has 3 heteroatoms. The molecule has 1 heterocycles. The summed E-state index contributed by atoms with van der Waals surface area (Å²) in [5.41, 5.74) is 0. The van der Waals surface area contributed by atoms with Crippen molar-refractivity contribution in [3.63, 3.8) is 0 Å². The Morgan fingerprint density at radius 1 is 1.54 bits per heavy atom. The minimum absolute atomic E-state index is 0.404. The molecule has 0 aromatic rings. The quantitative estimate of drug-likeness (QED) is 0.679. The minimum atomic E-state index is 0.404. The molecule has 2 atom stereocenters. The summed E-state index contributed by atoms with van der Waals surface area (Å²) < 4.78 is 0. The first kappa shape index (κ1) is 8.98. The fourth-order valence-electron chi connectivity index (χ4n) is 2.12. The molecule has 1 N–H and O–H groups in total. The topological polar surface area (TPSA) is 39.1 Å². The third kappa shape index (κ3) is 2.01. The normalized spacial score (nSPS) is 35.7. The Kier molecular flexibility index (Phi) is 2.52. The van der Waals surface area contributed by atoms with E-state index in [1.807, 2.05) is 0 Å². The highest BCUT2D eigenvalue weighted by molar-refractivity contribution is 4.95. The molecule has 0 spiro atoms. The summed E-state index contributed by atoms with van der Waals surface area (Å²) in [6.45, 7) is 4.39. The molecule has 72 valence electrons. The molecule has 0 bridgehead atoms. The lowest BCUT2D eigenvalue weighted by atomic mass is 10.1. The van der Waals surface area contributed by atoms with Crippen LogP contribution in [-0.4, -0.2) is 36.1 Å². The van der Waals surface area contributed by atoms with Gasteiger partial charge in [-0.25, -0.2) is 0 Å². The van der Waals surface area contributed by atoms with E-state index in [4.69, 9.17) is 5.26 Å². The highest BCUT2D eigenvalue weighted by atomic mass is 15.3. The van der Waals surface area contributed by atoms with Crippen LogP contribution in [0.4, 0.5) is 0 Å². The van der Waals surface area contributed by atoms with Crippen molar-refractivity contribution < 1.29 is 0 Å². The second kappa shape index (κ2) is 3.65. The third-order valence-electron chi connectivity index (χ3n) is 3.05. The largest absolute Gasteiger partial charge is 0.310 e. The maximum atomic E-state index is 8.62. The Balaban J connectivity index is 1.89. The molecule has 1 aliphatic heterocycles. The van der Waals surface area contributed by atoms with E-state index in [9.17, 15) is 0 Å². The van der Waals surface area contributed by atoms with Crippen molar-refractivity contribution >= 4 is 0 Å². The van der Waals surface area contributed by atoms with E-state index >= 15 is 0 Å². The Bertz CT molecular complexity index is 217. The maximum absolute atomic E-state index is 8.62. The van der Waals surface area contributed by atoms with E-state index < -0.39 is 0 Å². The summed E-state index contributed by atoms with van der Waals surface area (Å²) in [4.78, 5) is 2.57. The van der Waals surface area contributed by atoms with E-state index in [0.29, 0.717) is 18.5 Å². The van der Waals surface area contributed by atoms with Crippen LogP contribution in [0.15, 0.2) is 0 Å². The van der Waals surface area contributed by atoms with Crippen LogP contribution in [0.2, 0.25) is 0 Å². The lowest BCUT2D eigenvalue weighted by Crippen LogP contribution is -2.55. The van der Waals surface area contributed by atoms with Gasteiger partial charge in [0.05, 0.1) is 12.5 Å². The van der Waals surface area contributed by atoms with Crippen LogP contribution in [0.25, 0.3) is 0 Å². The molecule has 0 aromatic carbocycles. The van der Waals surface area contributed by atoms with Gasteiger partial charge in [0.15, 0.2) is 0 Å². The first-order valence-electron chi connectivity index (χ1n) is 5.17. The van der Waals surface area contributed by atoms with Gasteiger partial charge in [0, 0.05) is 31.2 Å². The molecule has 13 heavy (non-hydrogen) atoms. The molecule has 0 radical (unpaired) electrons. The van der Waals surface area contributed by atoms with E-state index in [-0.39, 0.29) is 0 Å². The third-order valence-corrected chi connectivity index (χ3v) is 3.05. The van der Waals surface area contributed by atoms with Gasteiger partial charge in [0.25, 0.3) is 0 Å². The van der Waals surface area contributed by atoms with Crippen molar-refractivity contribution in [2.24, 2.45) is 0 Å². The molecule has 0 amide bonds. The van der Waals surface area contributed by atoms with E-state index in [0.717, 1.165) is 19.1 Å². The van der Waals surface area contributed by atoms with Crippen LogP contribution in [-0.2, 0) is 0 Å². The highest BCUT2D eigenvalue weighted by Gasteiger charge is 2.35. The fourth-order valence-corrected chi connectivity index (χ4v) is 2.12. The van der Waals surface area contributed by atoms with Crippen LogP contribution in [0, 0.1) is 11.3 Å². The number of nitrogens with zero attached hydrogens (tertiary/aromatic N) is 2. The SMILES string of the molecule is CC1CNC(CC#N)CN1C1CC1. The van der Waals surface area contributed by atoms with E-state index in [1.54, 1.807) is 0 Å². The summed E-state index contributed by atoms with van der Waals surface area (Å²) >= 11 is 0. The first-order valence-corrected chi connectivity index (χ1v) is 5.17. The predicted octanol–water partition coefficient (Wildman–Crippen LogP) is 0.725.